The Hall–Kier alpha value is -2.83. The lowest BCUT2D eigenvalue weighted by atomic mass is 10.2. The summed E-state index contributed by atoms with van der Waals surface area (Å²) < 4.78 is 1.55. The number of aromatic carboxylic acids is 1. The summed E-state index contributed by atoms with van der Waals surface area (Å²) in [7, 11) is 0. The number of anilines is 1. The largest absolute Gasteiger partial charge is 0.506 e. The highest BCUT2D eigenvalue weighted by atomic mass is 16.4. The maximum atomic E-state index is 12.2. The Bertz CT molecular complexity index is 706. The molecule has 0 aliphatic carbocycles. The normalized spacial score (nSPS) is 10.4. The maximum Gasteiger partial charge on any atom is 0.335 e. The van der Waals surface area contributed by atoms with E-state index in [1.54, 1.807) is 17.7 Å². The average molecular weight is 289 g/mol. The third-order valence-corrected chi connectivity index (χ3v) is 2.93. The van der Waals surface area contributed by atoms with Crippen LogP contribution in [0.2, 0.25) is 0 Å². The second kappa shape index (κ2) is 5.66. The van der Waals surface area contributed by atoms with Crippen molar-refractivity contribution in [2.45, 2.75) is 20.4 Å². The molecule has 0 bridgehead atoms. The van der Waals surface area contributed by atoms with Gasteiger partial charge >= 0.3 is 5.97 Å². The number of aromatic hydroxyl groups is 1. The van der Waals surface area contributed by atoms with Crippen LogP contribution in [-0.2, 0) is 6.54 Å². The Morgan fingerprint density at radius 3 is 2.62 bits per heavy atom. The van der Waals surface area contributed by atoms with Gasteiger partial charge in [0.2, 0.25) is 0 Å². The lowest BCUT2D eigenvalue weighted by Gasteiger charge is -2.08. The van der Waals surface area contributed by atoms with Gasteiger partial charge in [-0.05, 0) is 38.1 Å². The topological polar surface area (TPSA) is 104 Å². The molecule has 110 valence electrons. The SMILES string of the molecule is CCn1nc(C)cc1C(=O)Nc1ccc(C(=O)O)cc1O. The van der Waals surface area contributed by atoms with Crippen LogP contribution in [0.25, 0.3) is 0 Å². The molecule has 2 aromatic rings. The molecule has 0 saturated heterocycles. The van der Waals surface area contributed by atoms with Crippen LogP contribution in [0.1, 0.15) is 33.5 Å². The highest BCUT2D eigenvalue weighted by Gasteiger charge is 2.15. The molecule has 0 aliphatic heterocycles. The number of aryl methyl sites for hydroxylation is 2. The van der Waals surface area contributed by atoms with Crippen molar-refractivity contribution in [2.75, 3.05) is 5.32 Å². The van der Waals surface area contributed by atoms with Crippen molar-refractivity contribution in [1.29, 1.82) is 0 Å². The van der Waals surface area contributed by atoms with E-state index in [-0.39, 0.29) is 17.0 Å². The first-order valence-electron chi connectivity index (χ1n) is 6.34. The lowest BCUT2D eigenvalue weighted by Crippen LogP contribution is -2.17. The molecule has 1 aromatic heterocycles. The van der Waals surface area contributed by atoms with Gasteiger partial charge in [0.25, 0.3) is 5.91 Å². The van der Waals surface area contributed by atoms with Gasteiger partial charge in [0.15, 0.2) is 0 Å². The molecule has 0 fully saturated rings. The van der Waals surface area contributed by atoms with Crippen LogP contribution in [0.4, 0.5) is 5.69 Å². The van der Waals surface area contributed by atoms with Gasteiger partial charge in [0, 0.05) is 6.54 Å². The molecule has 7 nitrogen and oxygen atoms in total. The zero-order valence-corrected chi connectivity index (χ0v) is 11.6. The van der Waals surface area contributed by atoms with Gasteiger partial charge in [-0.2, -0.15) is 5.10 Å². The van der Waals surface area contributed by atoms with Crippen LogP contribution < -0.4 is 5.32 Å². The Morgan fingerprint density at radius 1 is 1.33 bits per heavy atom. The molecular formula is C14H15N3O4. The summed E-state index contributed by atoms with van der Waals surface area (Å²) >= 11 is 0. The van der Waals surface area contributed by atoms with E-state index >= 15 is 0 Å². The number of aromatic nitrogens is 2. The molecule has 0 aliphatic rings. The first-order valence-corrected chi connectivity index (χ1v) is 6.34. The molecule has 0 saturated carbocycles. The van der Waals surface area contributed by atoms with Crippen LogP contribution in [0, 0.1) is 6.92 Å². The molecule has 0 spiro atoms. The van der Waals surface area contributed by atoms with Crippen LogP contribution >= 0.6 is 0 Å². The van der Waals surface area contributed by atoms with Gasteiger partial charge < -0.3 is 15.5 Å². The summed E-state index contributed by atoms with van der Waals surface area (Å²) in [6, 6.07) is 5.37. The highest BCUT2D eigenvalue weighted by molar-refractivity contribution is 6.04. The first-order chi connectivity index (χ1) is 9.92. The number of carboxylic acid groups (broad SMARTS) is 1. The van der Waals surface area contributed by atoms with Crippen molar-refractivity contribution in [3.8, 4) is 5.75 Å². The fraction of sp³-hybridized carbons (Fsp3) is 0.214. The summed E-state index contributed by atoms with van der Waals surface area (Å²) in [5.41, 5.74) is 1.18. The van der Waals surface area contributed by atoms with Gasteiger partial charge in [-0.15, -0.1) is 0 Å². The van der Waals surface area contributed by atoms with E-state index in [1.165, 1.54) is 12.1 Å². The number of phenols is 1. The maximum absolute atomic E-state index is 12.2. The van der Waals surface area contributed by atoms with Crippen molar-refractivity contribution in [1.82, 2.24) is 9.78 Å². The molecule has 1 aromatic carbocycles. The molecule has 1 amide bonds. The van der Waals surface area contributed by atoms with Crippen molar-refractivity contribution in [3.63, 3.8) is 0 Å². The standard InChI is InChI=1S/C14H15N3O4/c1-3-17-11(6-8(2)16-17)13(19)15-10-5-4-9(14(20)21)7-12(10)18/h4-7,18H,3H2,1-2H3,(H,15,19)(H,20,21). The molecule has 2 rings (SSSR count). The first kappa shape index (κ1) is 14.6. The molecule has 1 heterocycles. The van der Waals surface area contributed by atoms with Gasteiger partial charge in [0.1, 0.15) is 11.4 Å². The van der Waals surface area contributed by atoms with Crippen LogP contribution in [-0.4, -0.2) is 31.9 Å². The Balaban J connectivity index is 2.25. The van der Waals surface area contributed by atoms with Gasteiger partial charge in [-0.1, -0.05) is 0 Å². The third kappa shape index (κ3) is 3.02. The van der Waals surface area contributed by atoms with E-state index in [0.717, 1.165) is 6.07 Å². The number of nitrogens with zero attached hydrogens (tertiary/aromatic N) is 2. The van der Waals surface area contributed by atoms with Crippen molar-refractivity contribution < 1.29 is 19.8 Å². The van der Waals surface area contributed by atoms with Crippen LogP contribution in [0.3, 0.4) is 0 Å². The number of hydrogen-bond donors (Lipinski definition) is 3. The summed E-state index contributed by atoms with van der Waals surface area (Å²) in [5, 5.41) is 25.3. The quantitative estimate of drug-likeness (QED) is 0.745. The number of carboxylic acids is 1. The van der Waals surface area contributed by atoms with Crippen molar-refractivity contribution >= 4 is 17.6 Å². The highest BCUT2D eigenvalue weighted by Crippen LogP contribution is 2.25. The predicted molar refractivity (Wildman–Crippen MR) is 75.7 cm³/mol. The summed E-state index contributed by atoms with van der Waals surface area (Å²) in [4.78, 5) is 23.0. The lowest BCUT2D eigenvalue weighted by molar-refractivity contribution is 0.0696. The smallest absolute Gasteiger partial charge is 0.335 e. The number of amides is 1. The van der Waals surface area contributed by atoms with Crippen LogP contribution in [0.15, 0.2) is 24.3 Å². The van der Waals surface area contributed by atoms with E-state index < -0.39 is 11.9 Å². The molecule has 3 N–H and O–H groups in total. The van der Waals surface area contributed by atoms with E-state index in [0.29, 0.717) is 17.9 Å². The Labute approximate surface area is 120 Å². The predicted octanol–water partition coefficient (Wildman–Crippen LogP) is 1.87. The fourth-order valence-electron chi connectivity index (χ4n) is 1.93. The van der Waals surface area contributed by atoms with Gasteiger partial charge in [-0.3, -0.25) is 9.48 Å². The number of carbonyl (C=O) groups is 2. The molecule has 21 heavy (non-hydrogen) atoms. The summed E-state index contributed by atoms with van der Waals surface area (Å²) in [6.07, 6.45) is 0. The molecule has 7 heteroatoms. The second-order valence-corrected chi connectivity index (χ2v) is 4.48. The minimum atomic E-state index is -1.15. The molecule has 0 unspecified atom stereocenters. The van der Waals surface area contributed by atoms with E-state index in [4.69, 9.17) is 5.11 Å². The molecule has 0 atom stereocenters. The second-order valence-electron chi connectivity index (χ2n) is 4.48. The van der Waals surface area contributed by atoms with Gasteiger partial charge in [-0.25, -0.2) is 4.79 Å². The molecular weight excluding hydrogens is 274 g/mol. The summed E-state index contributed by atoms with van der Waals surface area (Å²) in [5.74, 6) is -1.87. The number of phenolic OH excluding ortho intramolecular Hbond substituents is 1. The minimum absolute atomic E-state index is 0.0556. The minimum Gasteiger partial charge on any atom is -0.506 e. The van der Waals surface area contributed by atoms with Crippen molar-refractivity contribution in [3.05, 3.63) is 41.2 Å². The van der Waals surface area contributed by atoms with Gasteiger partial charge in [0.05, 0.1) is 16.9 Å². The number of nitrogens with one attached hydrogen (secondary N) is 1. The van der Waals surface area contributed by atoms with E-state index in [2.05, 4.69) is 10.4 Å². The Kier molecular flexibility index (Phi) is 3.93. The van der Waals surface area contributed by atoms with E-state index in [1.807, 2.05) is 6.92 Å². The van der Waals surface area contributed by atoms with E-state index in [9.17, 15) is 14.7 Å². The monoisotopic (exact) mass is 289 g/mol. The third-order valence-electron chi connectivity index (χ3n) is 2.93. The fourth-order valence-corrected chi connectivity index (χ4v) is 1.93. The zero-order chi connectivity index (χ0) is 15.6. The van der Waals surface area contributed by atoms with Crippen molar-refractivity contribution in [2.24, 2.45) is 0 Å². The molecule has 0 radical (unpaired) electrons. The summed E-state index contributed by atoms with van der Waals surface area (Å²) in [6.45, 7) is 4.19. The zero-order valence-electron chi connectivity index (χ0n) is 11.6. The average Bonchev–Trinajstić information content (AvgIpc) is 2.82. The number of rotatable bonds is 4. The Morgan fingerprint density at radius 2 is 2.05 bits per heavy atom. The number of hydrogen-bond acceptors (Lipinski definition) is 4. The number of carbonyl (C=O) groups excluding carboxylic acids is 1. The number of benzene rings is 1. The van der Waals surface area contributed by atoms with Crippen LogP contribution in [0.5, 0.6) is 5.75 Å².